The molecule has 0 aliphatic carbocycles. The molecule has 1 aliphatic rings. The monoisotopic (exact) mass is 199 g/mol. The van der Waals surface area contributed by atoms with Crippen LogP contribution in [0.2, 0.25) is 0 Å². The topological polar surface area (TPSA) is 61.4 Å². The highest BCUT2D eigenvalue weighted by Gasteiger charge is 2.29. The average Bonchev–Trinajstić information content (AvgIpc) is 2.66. The Kier molecular flexibility index (Phi) is 3.73. The molecular formula is C9H17N3O2. The molecule has 0 spiro atoms. The summed E-state index contributed by atoms with van der Waals surface area (Å²) in [5.74, 6) is -0.0144. The molecule has 1 heterocycles. The van der Waals surface area contributed by atoms with Crippen LogP contribution in [0.1, 0.15) is 13.3 Å². The van der Waals surface area contributed by atoms with Crippen LogP contribution in [-0.4, -0.2) is 43.5 Å². The third-order valence-electron chi connectivity index (χ3n) is 2.42. The van der Waals surface area contributed by atoms with E-state index in [9.17, 15) is 9.59 Å². The highest BCUT2D eigenvalue weighted by Crippen LogP contribution is 2.15. The number of rotatable bonds is 2. The van der Waals surface area contributed by atoms with E-state index in [1.165, 1.54) is 0 Å². The number of carbonyl (C=O) groups excluding carboxylic acids is 2. The van der Waals surface area contributed by atoms with Crippen LogP contribution in [0, 0.1) is 5.92 Å². The van der Waals surface area contributed by atoms with Crippen molar-refractivity contribution in [2.75, 3.05) is 26.7 Å². The number of nitrogens with one attached hydrogen (secondary N) is 2. The van der Waals surface area contributed by atoms with E-state index < -0.39 is 0 Å². The van der Waals surface area contributed by atoms with Gasteiger partial charge in [-0.1, -0.05) is 0 Å². The maximum absolute atomic E-state index is 11.4. The molecule has 80 valence electrons. The zero-order valence-electron chi connectivity index (χ0n) is 8.67. The largest absolute Gasteiger partial charge is 0.359 e. The van der Waals surface area contributed by atoms with Gasteiger partial charge in [0.1, 0.15) is 0 Å². The van der Waals surface area contributed by atoms with Gasteiger partial charge in [0.15, 0.2) is 0 Å². The first-order valence-electron chi connectivity index (χ1n) is 4.93. The summed E-state index contributed by atoms with van der Waals surface area (Å²) >= 11 is 0. The van der Waals surface area contributed by atoms with Crippen LogP contribution in [0.3, 0.4) is 0 Å². The molecule has 1 saturated heterocycles. The summed E-state index contributed by atoms with van der Waals surface area (Å²) in [6, 6.07) is -0.0705. The fourth-order valence-electron chi connectivity index (χ4n) is 1.63. The van der Waals surface area contributed by atoms with Gasteiger partial charge in [-0.2, -0.15) is 0 Å². The van der Waals surface area contributed by atoms with Crippen molar-refractivity contribution < 1.29 is 9.59 Å². The molecule has 1 aliphatic heterocycles. The maximum atomic E-state index is 11.4. The fraction of sp³-hybridized carbons (Fsp3) is 0.778. The van der Waals surface area contributed by atoms with E-state index in [1.54, 1.807) is 11.9 Å². The molecule has 1 fully saturated rings. The van der Waals surface area contributed by atoms with E-state index in [0.717, 1.165) is 6.42 Å². The van der Waals surface area contributed by atoms with Gasteiger partial charge in [0.2, 0.25) is 5.91 Å². The van der Waals surface area contributed by atoms with Crippen molar-refractivity contribution >= 4 is 11.9 Å². The average molecular weight is 199 g/mol. The molecule has 1 rings (SSSR count). The van der Waals surface area contributed by atoms with E-state index >= 15 is 0 Å². The lowest BCUT2D eigenvalue weighted by atomic mass is 10.1. The van der Waals surface area contributed by atoms with Gasteiger partial charge < -0.3 is 15.5 Å². The third kappa shape index (κ3) is 2.37. The smallest absolute Gasteiger partial charge is 0.317 e. The van der Waals surface area contributed by atoms with Crippen LogP contribution < -0.4 is 10.6 Å². The van der Waals surface area contributed by atoms with Crippen LogP contribution in [0.15, 0.2) is 0 Å². The van der Waals surface area contributed by atoms with Crippen LogP contribution in [-0.2, 0) is 4.79 Å². The first-order chi connectivity index (χ1) is 6.69. The second-order valence-corrected chi connectivity index (χ2v) is 3.38. The van der Waals surface area contributed by atoms with Crippen molar-refractivity contribution in [2.24, 2.45) is 5.92 Å². The van der Waals surface area contributed by atoms with Gasteiger partial charge in [-0.05, 0) is 13.3 Å². The van der Waals surface area contributed by atoms with E-state index in [2.05, 4.69) is 10.6 Å². The quantitative estimate of drug-likeness (QED) is 0.646. The van der Waals surface area contributed by atoms with Gasteiger partial charge >= 0.3 is 6.03 Å². The molecule has 1 unspecified atom stereocenters. The van der Waals surface area contributed by atoms with Crippen LogP contribution in [0.5, 0.6) is 0 Å². The van der Waals surface area contributed by atoms with E-state index in [0.29, 0.717) is 19.6 Å². The molecule has 0 bridgehead atoms. The van der Waals surface area contributed by atoms with Gasteiger partial charge in [-0.25, -0.2) is 4.79 Å². The summed E-state index contributed by atoms with van der Waals surface area (Å²) in [7, 11) is 1.62. The molecule has 5 nitrogen and oxygen atoms in total. The van der Waals surface area contributed by atoms with Crippen LogP contribution in [0.4, 0.5) is 4.79 Å². The second kappa shape index (κ2) is 4.83. The fourth-order valence-corrected chi connectivity index (χ4v) is 1.63. The Morgan fingerprint density at radius 1 is 1.50 bits per heavy atom. The van der Waals surface area contributed by atoms with Gasteiger partial charge in [0.05, 0.1) is 5.92 Å². The summed E-state index contributed by atoms with van der Waals surface area (Å²) in [5, 5.41) is 5.32. The second-order valence-electron chi connectivity index (χ2n) is 3.38. The molecule has 14 heavy (non-hydrogen) atoms. The van der Waals surface area contributed by atoms with Gasteiger partial charge in [0, 0.05) is 26.7 Å². The lowest BCUT2D eigenvalue weighted by Gasteiger charge is -2.16. The Balaban J connectivity index is 2.41. The molecule has 0 radical (unpaired) electrons. The van der Waals surface area contributed by atoms with Crippen molar-refractivity contribution in [1.82, 2.24) is 15.5 Å². The minimum atomic E-state index is -0.0705. The SMILES string of the molecule is CCNC(=O)N1CCC(C(=O)NC)C1. The van der Waals surface area contributed by atoms with E-state index in [-0.39, 0.29) is 17.9 Å². The third-order valence-corrected chi connectivity index (χ3v) is 2.42. The summed E-state index contributed by atoms with van der Waals surface area (Å²) in [6.45, 7) is 3.71. The zero-order valence-corrected chi connectivity index (χ0v) is 8.67. The van der Waals surface area contributed by atoms with E-state index in [1.807, 2.05) is 6.92 Å². The molecule has 0 saturated carbocycles. The summed E-state index contributed by atoms with van der Waals surface area (Å²) in [5.41, 5.74) is 0. The summed E-state index contributed by atoms with van der Waals surface area (Å²) in [4.78, 5) is 24.3. The molecule has 5 heteroatoms. The Morgan fingerprint density at radius 2 is 2.21 bits per heavy atom. The Hall–Kier alpha value is -1.26. The highest BCUT2D eigenvalue weighted by atomic mass is 16.2. The lowest BCUT2D eigenvalue weighted by Crippen LogP contribution is -2.39. The first kappa shape index (κ1) is 10.8. The van der Waals surface area contributed by atoms with Crippen LogP contribution >= 0.6 is 0 Å². The first-order valence-corrected chi connectivity index (χ1v) is 4.93. The molecular weight excluding hydrogens is 182 g/mol. The number of hydrogen-bond donors (Lipinski definition) is 2. The van der Waals surface area contributed by atoms with Crippen molar-refractivity contribution in [1.29, 1.82) is 0 Å². The number of urea groups is 1. The van der Waals surface area contributed by atoms with Crippen molar-refractivity contribution in [3.8, 4) is 0 Å². The Morgan fingerprint density at radius 3 is 2.79 bits per heavy atom. The minimum Gasteiger partial charge on any atom is -0.359 e. The highest BCUT2D eigenvalue weighted by molar-refractivity contribution is 5.81. The van der Waals surface area contributed by atoms with Crippen molar-refractivity contribution in [3.05, 3.63) is 0 Å². The molecule has 1 atom stereocenters. The van der Waals surface area contributed by atoms with Gasteiger partial charge in [-0.15, -0.1) is 0 Å². The van der Waals surface area contributed by atoms with Crippen molar-refractivity contribution in [3.63, 3.8) is 0 Å². The number of hydrogen-bond acceptors (Lipinski definition) is 2. The molecule has 0 aromatic carbocycles. The molecule has 3 amide bonds. The van der Waals surface area contributed by atoms with E-state index in [4.69, 9.17) is 0 Å². The van der Waals surface area contributed by atoms with Gasteiger partial charge in [-0.3, -0.25) is 4.79 Å². The molecule has 0 aromatic heterocycles. The minimum absolute atomic E-state index is 0.0248. The predicted octanol–water partition coefficient (Wildman–Crippen LogP) is -0.216. The van der Waals surface area contributed by atoms with Gasteiger partial charge in [0.25, 0.3) is 0 Å². The standard InChI is InChI=1S/C9H17N3O2/c1-3-11-9(14)12-5-4-7(6-12)8(13)10-2/h7H,3-6H2,1-2H3,(H,10,13)(H,11,14). The number of carbonyl (C=O) groups is 2. The zero-order chi connectivity index (χ0) is 10.6. The normalized spacial score (nSPS) is 20.7. The summed E-state index contributed by atoms with van der Waals surface area (Å²) in [6.07, 6.45) is 0.761. The number of nitrogens with zero attached hydrogens (tertiary/aromatic N) is 1. The maximum Gasteiger partial charge on any atom is 0.317 e. The molecule has 0 aromatic rings. The van der Waals surface area contributed by atoms with Crippen LogP contribution in [0.25, 0.3) is 0 Å². The predicted molar refractivity (Wildman–Crippen MR) is 52.8 cm³/mol. The summed E-state index contributed by atoms with van der Waals surface area (Å²) < 4.78 is 0. The number of amides is 3. The van der Waals surface area contributed by atoms with Crippen molar-refractivity contribution in [2.45, 2.75) is 13.3 Å². The Labute approximate surface area is 83.8 Å². The Bertz CT molecular complexity index is 230. The number of likely N-dealkylation sites (tertiary alicyclic amines) is 1. The lowest BCUT2D eigenvalue weighted by molar-refractivity contribution is -0.124. The molecule has 2 N–H and O–H groups in total.